The normalized spacial score (nSPS) is 24.0. The van der Waals surface area contributed by atoms with Gasteiger partial charge in [-0.05, 0) is 19.9 Å². The topological polar surface area (TPSA) is 32.5 Å². The molecule has 0 aliphatic carbocycles. The lowest BCUT2D eigenvalue weighted by molar-refractivity contribution is 0.184. The maximum absolute atomic E-state index is 5.61. The van der Waals surface area contributed by atoms with Crippen molar-refractivity contribution in [3.8, 4) is 0 Å². The molecule has 0 spiro atoms. The van der Waals surface area contributed by atoms with Gasteiger partial charge in [-0.2, -0.15) is 0 Å². The minimum atomic E-state index is 0.736. The van der Waals surface area contributed by atoms with E-state index in [9.17, 15) is 0 Å². The Hall–Kier alpha value is 0.610. The average molecular weight is 255 g/mol. The van der Waals surface area contributed by atoms with Crippen LogP contribution in [0.5, 0.6) is 0 Å². The third-order valence-electron chi connectivity index (χ3n) is 2.00. The molecule has 0 saturated carbocycles. The number of hydrazine groups is 1. The second-order valence-electron chi connectivity index (χ2n) is 2.79. The molecule has 0 aromatic rings. The predicted octanol–water partition coefficient (Wildman–Crippen LogP) is 0.606. The lowest BCUT2D eigenvalue weighted by atomic mass is 10.1. The fourth-order valence-corrected chi connectivity index (χ4v) is 1.80. The molecular weight excluding hydrogens is 241 g/mol. The number of nitrogens with two attached hydrogens (primary N) is 1. The highest BCUT2D eigenvalue weighted by atomic mass is 127. The van der Waals surface area contributed by atoms with Crippen molar-refractivity contribution < 1.29 is 0 Å². The van der Waals surface area contributed by atoms with Crippen molar-refractivity contribution in [2.24, 2.45) is 5.84 Å². The first kappa shape index (κ1) is 8.70. The van der Waals surface area contributed by atoms with Gasteiger partial charge in [-0.3, -0.25) is 5.84 Å². The van der Waals surface area contributed by atoms with Crippen LogP contribution in [0.3, 0.4) is 0 Å². The Labute approximate surface area is 76.0 Å². The van der Waals surface area contributed by atoms with Crippen LogP contribution < -0.4 is 5.84 Å². The van der Waals surface area contributed by atoms with Crippen molar-refractivity contribution in [1.82, 2.24) is 8.12 Å². The van der Waals surface area contributed by atoms with Crippen LogP contribution in [0.15, 0.2) is 0 Å². The summed E-state index contributed by atoms with van der Waals surface area (Å²) in [6.45, 7) is 2.08. The Bertz CT molecular complexity index is 99.2. The Morgan fingerprint density at radius 1 is 1.50 bits per heavy atom. The number of hydrogen-bond donors (Lipinski definition) is 1. The molecule has 0 amide bonds. The second-order valence-corrected chi connectivity index (χ2v) is 4.31. The Morgan fingerprint density at radius 3 is 2.40 bits per heavy atom. The number of nitrogens with zero attached hydrogens (tertiary/aromatic N) is 2. The van der Waals surface area contributed by atoms with Gasteiger partial charge >= 0.3 is 0 Å². The fraction of sp³-hybridized carbons (Fsp3) is 1.00. The third-order valence-corrected chi connectivity index (χ3v) is 2.79. The number of piperidine rings is 1. The van der Waals surface area contributed by atoms with Crippen molar-refractivity contribution in [2.75, 3.05) is 20.1 Å². The van der Waals surface area contributed by atoms with E-state index in [0.29, 0.717) is 0 Å². The van der Waals surface area contributed by atoms with Crippen LogP contribution in [-0.4, -0.2) is 34.3 Å². The molecule has 0 aromatic carbocycles. The molecule has 0 radical (unpaired) electrons. The van der Waals surface area contributed by atoms with Gasteiger partial charge in [-0.15, -0.1) is 0 Å². The van der Waals surface area contributed by atoms with Gasteiger partial charge in [0.2, 0.25) is 0 Å². The van der Waals surface area contributed by atoms with Gasteiger partial charge in [0.25, 0.3) is 0 Å². The zero-order chi connectivity index (χ0) is 7.56. The van der Waals surface area contributed by atoms with E-state index < -0.39 is 0 Å². The first-order valence-electron chi connectivity index (χ1n) is 3.58. The van der Waals surface area contributed by atoms with E-state index in [1.807, 2.05) is 5.01 Å². The van der Waals surface area contributed by atoms with Crippen LogP contribution in [0.1, 0.15) is 12.8 Å². The van der Waals surface area contributed by atoms with E-state index in [1.165, 1.54) is 12.8 Å². The third kappa shape index (κ3) is 2.34. The molecule has 1 heterocycles. The van der Waals surface area contributed by atoms with Crippen LogP contribution in [-0.2, 0) is 0 Å². The van der Waals surface area contributed by atoms with E-state index in [1.54, 1.807) is 0 Å². The minimum Gasteiger partial charge on any atom is -0.269 e. The summed E-state index contributed by atoms with van der Waals surface area (Å²) in [6.07, 6.45) is 2.41. The molecule has 4 heteroatoms. The standard InChI is InChI=1S/C6H14IN3/c1-9(7)6-2-4-10(8)5-3-6/h6H,2-5,8H2,1H3. The molecule has 2 N–H and O–H groups in total. The van der Waals surface area contributed by atoms with Crippen molar-refractivity contribution in [2.45, 2.75) is 18.9 Å². The highest BCUT2D eigenvalue weighted by molar-refractivity contribution is 14.1. The molecule has 1 aliphatic heterocycles. The van der Waals surface area contributed by atoms with Crippen LogP contribution in [0, 0.1) is 0 Å². The van der Waals surface area contributed by atoms with Gasteiger partial charge < -0.3 is 0 Å². The number of rotatable bonds is 1. The van der Waals surface area contributed by atoms with Crippen molar-refractivity contribution in [3.05, 3.63) is 0 Å². The molecule has 3 nitrogen and oxygen atoms in total. The highest BCUT2D eigenvalue weighted by Gasteiger charge is 2.18. The van der Waals surface area contributed by atoms with Gasteiger partial charge in [0.05, 0.1) is 0 Å². The molecule has 1 saturated heterocycles. The van der Waals surface area contributed by atoms with E-state index in [0.717, 1.165) is 19.1 Å². The quantitative estimate of drug-likeness (QED) is 0.423. The van der Waals surface area contributed by atoms with Gasteiger partial charge in [-0.25, -0.2) is 8.12 Å². The molecule has 1 aliphatic rings. The second kappa shape index (κ2) is 3.85. The zero-order valence-corrected chi connectivity index (χ0v) is 8.41. The molecule has 0 aromatic heterocycles. The summed E-state index contributed by atoms with van der Waals surface area (Å²) in [5.41, 5.74) is 0. The average Bonchev–Trinajstić information content (AvgIpc) is 1.88. The highest BCUT2D eigenvalue weighted by Crippen LogP contribution is 2.15. The Balaban J connectivity index is 2.26. The van der Waals surface area contributed by atoms with E-state index >= 15 is 0 Å². The first-order valence-corrected chi connectivity index (χ1v) is 4.55. The summed E-state index contributed by atoms with van der Waals surface area (Å²) in [5, 5.41) is 1.90. The summed E-state index contributed by atoms with van der Waals surface area (Å²) in [6, 6.07) is 0.736. The largest absolute Gasteiger partial charge is 0.269 e. The van der Waals surface area contributed by atoms with Gasteiger partial charge in [0, 0.05) is 42.0 Å². The summed E-state index contributed by atoms with van der Waals surface area (Å²) < 4.78 is 2.25. The van der Waals surface area contributed by atoms with Crippen LogP contribution >= 0.6 is 22.9 Å². The first-order chi connectivity index (χ1) is 4.70. The van der Waals surface area contributed by atoms with Gasteiger partial charge in [-0.1, -0.05) is 0 Å². The molecular formula is C6H14IN3. The monoisotopic (exact) mass is 255 g/mol. The Morgan fingerprint density at radius 2 is 2.00 bits per heavy atom. The van der Waals surface area contributed by atoms with Crippen molar-refractivity contribution in [3.63, 3.8) is 0 Å². The SMILES string of the molecule is CN(I)C1CCN(N)CC1. The number of hydrogen-bond acceptors (Lipinski definition) is 3. The maximum Gasteiger partial charge on any atom is 0.0216 e. The number of halogens is 1. The summed E-state index contributed by atoms with van der Waals surface area (Å²) >= 11 is 2.34. The van der Waals surface area contributed by atoms with Crippen LogP contribution in [0.25, 0.3) is 0 Å². The molecule has 0 atom stereocenters. The summed E-state index contributed by atoms with van der Waals surface area (Å²) in [5.74, 6) is 5.61. The van der Waals surface area contributed by atoms with E-state index in [-0.39, 0.29) is 0 Å². The van der Waals surface area contributed by atoms with Crippen LogP contribution in [0.4, 0.5) is 0 Å². The lowest BCUT2D eigenvalue weighted by Crippen LogP contribution is -2.43. The van der Waals surface area contributed by atoms with Crippen molar-refractivity contribution >= 4 is 22.9 Å². The maximum atomic E-state index is 5.61. The Kier molecular flexibility index (Phi) is 3.35. The molecule has 0 unspecified atom stereocenters. The van der Waals surface area contributed by atoms with E-state index in [2.05, 4.69) is 33.0 Å². The van der Waals surface area contributed by atoms with Crippen LogP contribution in [0.2, 0.25) is 0 Å². The minimum absolute atomic E-state index is 0.736. The molecule has 0 bridgehead atoms. The summed E-state index contributed by atoms with van der Waals surface area (Å²) in [4.78, 5) is 0. The summed E-state index contributed by atoms with van der Waals surface area (Å²) in [7, 11) is 2.12. The molecule has 10 heavy (non-hydrogen) atoms. The van der Waals surface area contributed by atoms with Crippen molar-refractivity contribution in [1.29, 1.82) is 0 Å². The predicted molar refractivity (Wildman–Crippen MR) is 50.6 cm³/mol. The smallest absolute Gasteiger partial charge is 0.0216 e. The molecule has 1 rings (SSSR count). The molecule has 60 valence electrons. The van der Waals surface area contributed by atoms with Gasteiger partial charge in [0.1, 0.15) is 0 Å². The zero-order valence-electron chi connectivity index (χ0n) is 6.26. The fourth-order valence-electron chi connectivity index (χ4n) is 1.24. The lowest BCUT2D eigenvalue weighted by Gasteiger charge is -2.31. The van der Waals surface area contributed by atoms with Gasteiger partial charge in [0.15, 0.2) is 0 Å². The van der Waals surface area contributed by atoms with E-state index in [4.69, 9.17) is 5.84 Å². The molecule has 1 fully saturated rings.